The number of hydrogen-bond acceptors (Lipinski definition) is 5. The van der Waals surface area contributed by atoms with Gasteiger partial charge in [-0.3, -0.25) is 0 Å². The third kappa shape index (κ3) is 3.39. The smallest absolute Gasteiger partial charge is 0.486 e. The Kier molecular flexibility index (Phi) is 3.96. The molecule has 0 aromatic carbocycles. The van der Waals surface area contributed by atoms with Crippen LogP contribution in [0.5, 0.6) is 11.5 Å². The van der Waals surface area contributed by atoms with Gasteiger partial charge in [0, 0.05) is 0 Å². The summed E-state index contributed by atoms with van der Waals surface area (Å²) >= 11 is 0. The zero-order valence-corrected chi connectivity index (χ0v) is 9.37. The van der Waals surface area contributed by atoms with E-state index in [0.717, 1.165) is 0 Å². The SMILES string of the molecule is COc1c([N+](=O)[O-])ncc(C(F)(F)F)c1OC(F)(F)F. The molecular formula is C8H4F6N2O4. The number of rotatable bonds is 3. The molecule has 0 unspecified atom stereocenters. The summed E-state index contributed by atoms with van der Waals surface area (Å²) in [5.74, 6) is -4.57. The van der Waals surface area contributed by atoms with E-state index in [0.29, 0.717) is 7.11 Å². The molecule has 20 heavy (non-hydrogen) atoms. The van der Waals surface area contributed by atoms with Crippen LogP contribution in [0.4, 0.5) is 32.2 Å². The van der Waals surface area contributed by atoms with E-state index in [9.17, 15) is 36.5 Å². The van der Waals surface area contributed by atoms with Crippen LogP contribution in [-0.2, 0) is 6.18 Å². The Labute approximate surface area is 106 Å². The maximum absolute atomic E-state index is 12.6. The number of alkyl halides is 6. The molecule has 1 rings (SSSR count). The van der Waals surface area contributed by atoms with Gasteiger partial charge in [0.25, 0.3) is 5.75 Å². The van der Waals surface area contributed by atoms with Crippen molar-refractivity contribution < 1.29 is 40.7 Å². The summed E-state index contributed by atoms with van der Waals surface area (Å²) in [7, 11) is 0.646. The first-order valence-corrected chi connectivity index (χ1v) is 4.51. The van der Waals surface area contributed by atoms with E-state index in [1.807, 2.05) is 0 Å². The molecule has 1 aromatic rings. The van der Waals surface area contributed by atoms with Crippen LogP contribution in [0.25, 0.3) is 0 Å². The third-order valence-corrected chi connectivity index (χ3v) is 1.87. The van der Waals surface area contributed by atoms with E-state index in [4.69, 9.17) is 0 Å². The van der Waals surface area contributed by atoms with Crippen molar-refractivity contribution in [2.75, 3.05) is 7.11 Å². The van der Waals surface area contributed by atoms with E-state index >= 15 is 0 Å². The van der Waals surface area contributed by atoms with Gasteiger partial charge in [0.2, 0.25) is 0 Å². The summed E-state index contributed by atoms with van der Waals surface area (Å²) in [6.45, 7) is 0. The lowest BCUT2D eigenvalue weighted by atomic mass is 10.2. The minimum Gasteiger partial charge on any atom is -0.486 e. The van der Waals surface area contributed by atoms with Crippen LogP contribution in [0.1, 0.15) is 5.56 Å². The zero-order valence-electron chi connectivity index (χ0n) is 9.37. The van der Waals surface area contributed by atoms with Crippen molar-refractivity contribution in [2.45, 2.75) is 12.5 Å². The number of nitro groups is 1. The molecule has 0 aliphatic carbocycles. The number of nitrogens with zero attached hydrogens (tertiary/aromatic N) is 2. The predicted octanol–water partition coefficient (Wildman–Crippen LogP) is 2.92. The average molecular weight is 306 g/mol. The van der Waals surface area contributed by atoms with Crippen molar-refractivity contribution in [1.29, 1.82) is 0 Å². The molecule has 0 saturated heterocycles. The molecule has 0 fully saturated rings. The van der Waals surface area contributed by atoms with Gasteiger partial charge in [0.1, 0.15) is 5.56 Å². The topological polar surface area (TPSA) is 74.5 Å². The standard InChI is InChI=1S/C8H4F6N2O4/c1-19-5-4(20-8(12,13)14)3(7(9,10)11)2-15-6(5)16(17)18/h2H,1H3. The van der Waals surface area contributed by atoms with Crippen molar-refractivity contribution in [3.8, 4) is 11.5 Å². The highest BCUT2D eigenvalue weighted by Crippen LogP contribution is 2.46. The molecule has 0 aliphatic heterocycles. The van der Waals surface area contributed by atoms with Crippen molar-refractivity contribution >= 4 is 5.82 Å². The fourth-order valence-electron chi connectivity index (χ4n) is 1.20. The number of pyridine rings is 1. The average Bonchev–Trinajstić information content (AvgIpc) is 2.24. The Bertz CT molecular complexity index is 527. The van der Waals surface area contributed by atoms with Gasteiger partial charge in [-0.25, -0.2) is 0 Å². The third-order valence-electron chi connectivity index (χ3n) is 1.87. The molecule has 0 amide bonds. The fraction of sp³-hybridized carbons (Fsp3) is 0.375. The molecule has 12 heteroatoms. The molecular weight excluding hydrogens is 302 g/mol. The molecule has 0 N–H and O–H groups in total. The van der Waals surface area contributed by atoms with Crippen LogP contribution in [0.3, 0.4) is 0 Å². The Morgan fingerprint density at radius 1 is 1.20 bits per heavy atom. The molecule has 0 atom stereocenters. The molecule has 1 heterocycles. The van der Waals surface area contributed by atoms with E-state index < -0.39 is 40.3 Å². The van der Waals surface area contributed by atoms with Gasteiger partial charge in [-0.15, -0.1) is 13.2 Å². The first kappa shape index (κ1) is 15.8. The number of ether oxygens (including phenoxy) is 2. The monoisotopic (exact) mass is 306 g/mol. The Morgan fingerprint density at radius 3 is 2.10 bits per heavy atom. The van der Waals surface area contributed by atoms with Crippen molar-refractivity contribution in [3.63, 3.8) is 0 Å². The Balaban J connectivity index is 3.60. The normalized spacial score (nSPS) is 12.2. The van der Waals surface area contributed by atoms with Gasteiger partial charge in [-0.1, -0.05) is 0 Å². The minimum absolute atomic E-state index is 0.137. The second-order valence-corrected chi connectivity index (χ2v) is 3.16. The second kappa shape index (κ2) is 5.02. The summed E-state index contributed by atoms with van der Waals surface area (Å²) in [6, 6.07) is 0. The van der Waals surface area contributed by atoms with Crippen molar-refractivity contribution in [3.05, 3.63) is 21.9 Å². The first-order chi connectivity index (χ1) is 8.97. The summed E-state index contributed by atoms with van der Waals surface area (Å²) in [5, 5.41) is 10.5. The van der Waals surface area contributed by atoms with Crippen LogP contribution in [0.2, 0.25) is 0 Å². The Hall–Kier alpha value is -2.27. The second-order valence-electron chi connectivity index (χ2n) is 3.16. The first-order valence-electron chi connectivity index (χ1n) is 4.51. The molecule has 112 valence electrons. The van der Waals surface area contributed by atoms with Gasteiger partial charge in [-0.2, -0.15) is 13.2 Å². The number of hydrogen-bond donors (Lipinski definition) is 0. The van der Waals surface area contributed by atoms with E-state index in [1.165, 1.54) is 0 Å². The van der Waals surface area contributed by atoms with E-state index in [-0.39, 0.29) is 6.20 Å². The van der Waals surface area contributed by atoms with Crippen LogP contribution in [-0.4, -0.2) is 23.4 Å². The lowest BCUT2D eigenvalue weighted by Crippen LogP contribution is -2.21. The molecule has 6 nitrogen and oxygen atoms in total. The van der Waals surface area contributed by atoms with Crippen LogP contribution >= 0.6 is 0 Å². The lowest BCUT2D eigenvalue weighted by molar-refractivity contribution is -0.390. The van der Waals surface area contributed by atoms with Gasteiger partial charge >= 0.3 is 18.4 Å². The fourth-order valence-corrected chi connectivity index (χ4v) is 1.20. The highest BCUT2D eigenvalue weighted by Gasteiger charge is 2.45. The van der Waals surface area contributed by atoms with Gasteiger partial charge in [-0.05, 0) is 9.91 Å². The molecule has 0 saturated carbocycles. The van der Waals surface area contributed by atoms with E-state index in [1.54, 1.807) is 0 Å². The highest BCUT2D eigenvalue weighted by molar-refractivity contribution is 5.55. The van der Waals surface area contributed by atoms with Crippen molar-refractivity contribution in [2.24, 2.45) is 0 Å². The van der Waals surface area contributed by atoms with Crippen LogP contribution in [0.15, 0.2) is 6.20 Å². The summed E-state index contributed by atoms with van der Waals surface area (Å²) < 4.78 is 81.4. The molecule has 0 aliphatic rings. The van der Waals surface area contributed by atoms with Crippen molar-refractivity contribution in [1.82, 2.24) is 4.98 Å². The van der Waals surface area contributed by atoms with Gasteiger partial charge in [0.15, 0.2) is 11.9 Å². The number of methoxy groups -OCH3 is 1. The van der Waals surface area contributed by atoms with Gasteiger partial charge in [0.05, 0.1) is 7.11 Å². The molecule has 0 spiro atoms. The van der Waals surface area contributed by atoms with E-state index in [2.05, 4.69) is 14.5 Å². The largest absolute Gasteiger partial charge is 0.573 e. The molecule has 1 aromatic heterocycles. The molecule has 0 bridgehead atoms. The molecule has 0 radical (unpaired) electrons. The maximum atomic E-state index is 12.6. The maximum Gasteiger partial charge on any atom is 0.573 e. The van der Waals surface area contributed by atoms with Gasteiger partial charge < -0.3 is 19.6 Å². The summed E-state index contributed by atoms with van der Waals surface area (Å²) in [5.41, 5.74) is -1.95. The zero-order chi connectivity index (χ0) is 15.7. The van der Waals surface area contributed by atoms with Crippen LogP contribution in [0, 0.1) is 10.1 Å². The highest BCUT2D eigenvalue weighted by atomic mass is 19.4. The summed E-state index contributed by atoms with van der Waals surface area (Å²) in [4.78, 5) is 12.0. The quantitative estimate of drug-likeness (QED) is 0.487. The number of halogens is 6. The summed E-state index contributed by atoms with van der Waals surface area (Å²) in [6.07, 6.45) is -10.9. The minimum atomic E-state index is -5.50. The van der Waals surface area contributed by atoms with Crippen LogP contribution < -0.4 is 9.47 Å². The number of aromatic nitrogens is 1. The Morgan fingerprint density at radius 2 is 1.75 bits per heavy atom. The predicted molar refractivity (Wildman–Crippen MR) is 49.1 cm³/mol. The lowest BCUT2D eigenvalue weighted by Gasteiger charge is -2.16.